The highest BCUT2D eigenvalue weighted by molar-refractivity contribution is 7.45. The van der Waals surface area contributed by atoms with Gasteiger partial charge >= 0.3 is 0 Å². The number of hydrogen-bond acceptors (Lipinski definition) is 10. The summed E-state index contributed by atoms with van der Waals surface area (Å²) in [5, 5.41) is 10.9. The van der Waals surface area contributed by atoms with Crippen LogP contribution in [-0.4, -0.2) is 49.5 Å². The Morgan fingerprint density at radius 3 is 2.72 bits per heavy atom. The lowest BCUT2D eigenvalue weighted by Crippen LogP contribution is -2.41. The van der Waals surface area contributed by atoms with Gasteiger partial charge in [0.15, 0.2) is 17.4 Å². The van der Waals surface area contributed by atoms with E-state index in [1.54, 1.807) is 0 Å². The summed E-state index contributed by atoms with van der Waals surface area (Å²) in [5.74, 6) is 0.474. The maximum Gasteiger partial charge on any atom is 0.280 e. The number of nitrogens with two attached hydrogens (primary N) is 1. The van der Waals surface area contributed by atoms with E-state index in [1.807, 2.05) is 24.3 Å². The molecule has 0 saturated carbocycles. The molecule has 2 aromatic heterocycles. The number of nitrogen functional groups attached to an aromatic ring is 1. The number of ether oxygens (including phenoxy) is 1. The molecule has 0 bridgehead atoms. The predicted molar refractivity (Wildman–Crippen MR) is 110 cm³/mol. The molecule has 4 N–H and O–H groups in total. The minimum Gasteiger partial charge on any atom is -0.756 e. The van der Waals surface area contributed by atoms with Gasteiger partial charge in [0.1, 0.15) is 24.1 Å². The monoisotopic (exact) mass is 462 g/mol. The second kappa shape index (κ2) is 7.48. The number of H-pyrrole nitrogens is 1. The zero-order chi connectivity index (χ0) is 22.8. The van der Waals surface area contributed by atoms with Crippen LogP contribution < -0.4 is 16.2 Å². The van der Waals surface area contributed by atoms with Gasteiger partial charge < -0.3 is 29.5 Å². The zero-order valence-electron chi connectivity index (χ0n) is 17.2. The summed E-state index contributed by atoms with van der Waals surface area (Å²) in [4.78, 5) is 35.3. The highest BCUT2D eigenvalue weighted by Crippen LogP contribution is 2.50. The summed E-state index contributed by atoms with van der Waals surface area (Å²) in [5.41, 5.74) is 7.03. The zero-order valence-corrected chi connectivity index (χ0v) is 18.1. The normalized spacial score (nSPS) is 30.2. The Morgan fingerprint density at radius 2 is 2.03 bits per heavy atom. The molecule has 2 aliphatic rings. The number of hydrogen-bond donors (Lipinski definition) is 3. The smallest absolute Gasteiger partial charge is 0.280 e. The Hall–Kier alpha value is -2.60. The fraction of sp³-hybridized carbons (Fsp3) is 0.421. The van der Waals surface area contributed by atoms with Crippen LogP contribution >= 0.6 is 7.82 Å². The molecule has 0 spiro atoms. The first kappa shape index (κ1) is 21.3. The minimum absolute atomic E-state index is 0.000488. The fourth-order valence-electron chi connectivity index (χ4n) is 4.00. The van der Waals surface area contributed by atoms with Crippen molar-refractivity contribution in [1.29, 1.82) is 0 Å². The van der Waals surface area contributed by atoms with Crippen LogP contribution in [0.5, 0.6) is 0 Å². The van der Waals surface area contributed by atoms with E-state index in [0.717, 1.165) is 5.56 Å². The van der Waals surface area contributed by atoms with Crippen molar-refractivity contribution in [2.45, 2.75) is 44.3 Å². The number of aromatic amines is 1. The first-order chi connectivity index (χ1) is 15.1. The summed E-state index contributed by atoms with van der Waals surface area (Å²) in [6.07, 6.45) is -4.58. The highest BCUT2D eigenvalue weighted by Gasteiger charge is 2.51. The third-order valence-corrected chi connectivity index (χ3v) is 6.58. The molecule has 0 amide bonds. The van der Waals surface area contributed by atoms with Gasteiger partial charge in [-0.1, -0.05) is 38.1 Å². The average molecular weight is 462 g/mol. The number of rotatable bonds is 3. The largest absolute Gasteiger partial charge is 0.756 e. The number of aromatic nitrogens is 4. The molecule has 0 radical (unpaired) electrons. The lowest BCUT2D eigenvalue weighted by Gasteiger charge is -2.34. The van der Waals surface area contributed by atoms with Gasteiger partial charge in [-0.2, -0.15) is 4.98 Å². The van der Waals surface area contributed by atoms with E-state index in [2.05, 4.69) is 28.8 Å². The van der Waals surface area contributed by atoms with Crippen molar-refractivity contribution in [2.24, 2.45) is 0 Å². The van der Waals surface area contributed by atoms with Crippen LogP contribution in [0, 0.1) is 0 Å². The summed E-state index contributed by atoms with van der Waals surface area (Å²) in [7, 11) is -4.55. The molecule has 0 aliphatic carbocycles. The van der Waals surface area contributed by atoms with Crippen molar-refractivity contribution in [3.05, 3.63) is 40.2 Å². The Labute approximate surface area is 181 Å². The first-order valence-electron chi connectivity index (χ1n) is 10.00. The number of nitrogens with zero attached hydrogens (tertiary/aromatic N) is 3. The molecule has 2 saturated heterocycles. The summed E-state index contributed by atoms with van der Waals surface area (Å²) in [6, 6.07) is 7.55. The van der Waals surface area contributed by atoms with Crippen LogP contribution in [0.15, 0.2) is 29.1 Å². The second-order valence-electron chi connectivity index (χ2n) is 8.07. The van der Waals surface area contributed by atoms with Gasteiger partial charge in [-0.15, -0.1) is 0 Å². The number of anilines is 1. The van der Waals surface area contributed by atoms with Gasteiger partial charge in [0, 0.05) is 5.56 Å². The molecule has 2 fully saturated rings. The molecule has 5 atom stereocenters. The van der Waals surface area contributed by atoms with Gasteiger partial charge in [0.25, 0.3) is 13.4 Å². The fourth-order valence-corrected chi connectivity index (χ4v) is 4.95. The molecule has 3 unspecified atom stereocenters. The molecular formula is C19H21N5O7P-. The number of imidazole rings is 1. The first-order valence-corrected chi connectivity index (χ1v) is 11.5. The molecule has 12 nitrogen and oxygen atoms in total. The van der Waals surface area contributed by atoms with Crippen molar-refractivity contribution in [2.75, 3.05) is 12.3 Å². The van der Waals surface area contributed by atoms with Gasteiger partial charge in [0.2, 0.25) is 5.95 Å². The Bertz CT molecular complexity index is 1290. The third-order valence-electron chi connectivity index (χ3n) is 5.62. The van der Waals surface area contributed by atoms with E-state index in [0.29, 0.717) is 17.3 Å². The van der Waals surface area contributed by atoms with Crippen LogP contribution in [0.3, 0.4) is 0 Å². The van der Waals surface area contributed by atoms with Gasteiger partial charge in [0.05, 0.1) is 6.61 Å². The molecule has 2 aliphatic heterocycles. The lowest BCUT2D eigenvalue weighted by atomic mass is 10.0. The van der Waals surface area contributed by atoms with Gasteiger partial charge in [-0.3, -0.25) is 18.9 Å². The number of fused-ring (bicyclic) bond motifs is 2. The molecule has 1 aromatic carbocycles. The SMILES string of the molecule is CC(C)c1ccc(-c2nc3c(=O)[nH]c(N)nc3n2[C@@H]2OC3COP(=O)([O-])O[C@H]3C2O)cc1. The topological polar surface area (TPSA) is 178 Å². The number of aliphatic hydroxyl groups is 1. The summed E-state index contributed by atoms with van der Waals surface area (Å²) >= 11 is 0. The maximum absolute atomic E-state index is 12.5. The van der Waals surface area contributed by atoms with Crippen molar-refractivity contribution < 1.29 is 28.3 Å². The van der Waals surface area contributed by atoms with E-state index in [4.69, 9.17) is 19.5 Å². The van der Waals surface area contributed by atoms with E-state index in [1.165, 1.54) is 4.57 Å². The van der Waals surface area contributed by atoms with Crippen molar-refractivity contribution in [3.8, 4) is 11.4 Å². The van der Waals surface area contributed by atoms with Gasteiger partial charge in [-0.25, -0.2) is 4.98 Å². The maximum atomic E-state index is 12.5. The summed E-state index contributed by atoms with van der Waals surface area (Å²) < 4.78 is 28.7. The van der Waals surface area contributed by atoms with Crippen LogP contribution in [-0.2, 0) is 18.3 Å². The van der Waals surface area contributed by atoms with Crippen LogP contribution in [0.4, 0.5) is 5.95 Å². The van der Waals surface area contributed by atoms with Gasteiger partial charge in [-0.05, 0) is 11.5 Å². The lowest BCUT2D eigenvalue weighted by molar-refractivity contribution is -0.245. The number of nitrogens with one attached hydrogen (secondary N) is 1. The quantitative estimate of drug-likeness (QED) is 0.468. The van der Waals surface area contributed by atoms with Crippen LogP contribution in [0.2, 0.25) is 0 Å². The average Bonchev–Trinajstić information content (AvgIpc) is 3.25. The van der Waals surface area contributed by atoms with E-state index in [9.17, 15) is 19.4 Å². The predicted octanol–water partition coefficient (Wildman–Crippen LogP) is 0.634. The number of phosphoric ester groups is 1. The molecule has 170 valence electrons. The highest BCUT2D eigenvalue weighted by atomic mass is 31.2. The van der Waals surface area contributed by atoms with Crippen molar-refractivity contribution in [3.63, 3.8) is 0 Å². The molecule has 3 aromatic rings. The molecular weight excluding hydrogens is 441 g/mol. The Kier molecular flexibility index (Phi) is 4.97. The number of aliphatic hydroxyl groups excluding tert-OH is 1. The van der Waals surface area contributed by atoms with Crippen molar-refractivity contribution >= 4 is 24.9 Å². The minimum atomic E-state index is -4.55. The number of phosphoric acid groups is 1. The van der Waals surface area contributed by atoms with Crippen LogP contribution in [0.1, 0.15) is 31.6 Å². The summed E-state index contributed by atoms with van der Waals surface area (Å²) in [6.45, 7) is 3.83. The molecule has 13 heteroatoms. The van der Waals surface area contributed by atoms with E-state index < -0.39 is 37.9 Å². The Morgan fingerprint density at radius 1 is 1.31 bits per heavy atom. The van der Waals surface area contributed by atoms with Crippen LogP contribution in [0.25, 0.3) is 22.6 Å². The molecule has 4 heterocycles. The van der Waals surface area contributed by atoms with Crippen molar-refractivity contribution in [1.82, 2.24) is 19.5 Å². The standard InChI is InChI=1S/C19H22N5O7P/c1-8(2)9-3-5-10(6-4-9)15-21-12-16(22-19(20)23-17(12)26)24(15)18-13(25)14-11(30-18)7-29-32(27,28)31-14/h3-6,8,11,13-14,18,25H,7H2,1-2H3,(H,27,28)(H3,20,22,23,26)/p-1/t11?,13?,14-,18-/m1/s1. The van der Waals surface area contributed by atoms with E-state index >= 15 is 0 Å². The van der Waals surface area contributed by atoms with E-state index in [-0.39, 0.29) is 23.7 Å². The number of benzene rings is 1. The molecule has 5 rings (SSSR count). The third kappa shape index (κ3) is 3.45. The second-order valence-corrected chi connectivity index (χ2v) is 9.44. The molecule has 32 heavy (non-hydrogen) atoms. The Balaban J connectivity index is 1.67.